The Balaban J connectivity index is 2.66. The monoisotopic (exact) mass is 316 g/mol. The third-order valence-electron chi connectivity index (χ3n) is 2.49. The van der Waals surface area contributed by atoms with Gasteiger partial charge in [0.25, 0.3) is 5.69 Å². The van der Waals surface area contributed by atoms with E-state index in [1.54, 1.807) is 0 Å². The predicted molar refractivity (Wildman–Crippen MR) is 64.9 cm³/mol. The maximum Gasteiger partial charge on any atom is 0.436 e. The first-order valence-electron chi connectivity index (χ1n) is 5.26. The van der Waals surface area contributed by atoms with Gasteiger partial charge in [0.15, 0.2) is 10.8 Å². The molecule has 0 amide bonds. The van der Waals surface area contributed by atoms with Crippen LogP contribution in [0.4, 0.5) is 18.9 Å². The Kier molecular flexibility index (Phi) is 3.57. The number of nitro groups is 1. The normalized spacial score (nSPS) is 11.2. The van der Waals surface area contributed by atoms with E-state index in [1.807, 2.05) is 0 Å². The molecule has 108 valence electrons. The van der Waals surface area contributed by atoms with Gasteiger partial charge in [-0.2, -0.15) is 23.5 Å². The SMILES string of the molecule is N#Cc1c(C(F)(F)F)nn(-c2cccc([N+](=O)[O-])c2)c1Cl. The average molecular weight is 317 g/mol. The summed E-state index contributed by atoms with van der Waals surface area (Å²) in [5.41, 5.74) is -2.68. The fourth-order valence-corrected chi connectivity index (χ4v) is 1.87. The van der Waals surface area contributed by atoms with Gasteiger partial charge in [-0.3, -0.25) is 10.1 Å². The van der Waals surface area contributed by atoms with Crippen LogP contribution in [-0.4, -0.2) is 14.7 Å². The maximum atomic E-state index is 12.8. The summed E-state index contributed by atoms with van der Waals surface area (Å²) < 4.78 is 38.9. The highest BCUT2D eigenvalue weighted by atomic mass is 35.5. The van der Waals surface area contributed by atoms with Crippen LogP contribution in [0, 0.1) is 21.4 Å². The van der Waals surface area contributed by atoms with Crippen molar-refractivity contribution in [2.75, 3.05) is 0 Å². The Bertz CT molecular complexity index is 764. The summed E-state index contributed by atoms with van der Waals surface area (Å²) in [7, 11) is 0. The van der Waals surface area contributed by atoms with E-state index in [0.29, 0.717) is 4.68 Å². The van der Waals surface area contributed by atoms with Crippen LogP contribution in [0.15, 0.2) is 24.3 Å². The van der Waals surface area contributed by atoms with Crippen molar-refractivity contribution in [3.8, 4) is 11.8 Å². The highest BCUT2D eigenvalue weighted by molar-refractivity contribution is 6.31. The minimum Gasteiger partial charge on any atom is -0.258 e. The lowest BCUT2D eigenvalue weighted by Crippen LogP contribution is -2.08. The molecule has 0 aliphatic carbocycles. The summed E-state index contributed by atoms with van der Waals surface area (Å²) in [6.45, 7) is 0. The summed E-state index contributed by atoms with van der Waals surface area (Å²) in [6.07, 6.45) is -4.86. The molecule has 0 saturated carbocycles. The van der Waals surface area contributed by atoms with Gasteiger partial charge in [0.2, 0.25) is 0 Å². The molecule has 0 saturated heterocycles. The molecule has 1 aromatic carbocycles. The van der Waals surface area contributed by atoms with Crippen LogP contribution in [0.1, 0.15) is 11.3 Å². The number of alkyl halides is 3. The molecule has 21 heavy (non-hydrogen) atoms. The van der Waals surface area contributed by atoms with E-state index < -0.39 is 27.5 Å². The van der Waals surface area contributed by atoms with E-state index in [9.17, 15) is 23.3 Å². The van der Waals surface area contributed by atoms with E-state index in [2.05, 4.69) is 5.10 Å². The van der Waals surface area contributed by atoms with Crippen molar-refractivity contribution in [2.45, 2.75) is 6.18 Å². The number of aromatic nitrogens is 2. The molecule has 0 unspecified atom stereocenters. The molecule has 2 aromatic rings. The van der Waals surface area contributed by atoms with Crippen LogP contribution in [0.5, 0.6) is 0 Å². The first-order valence-corrected chi connectivity index (χ1v) is 5.64. The van der Waals surface area contributed by atoms with Crippen LogP contribution < -0.4 is 0 Å². The number of hydrogen-bond donors (Lipinski definition) is 0. The zero-order valence-corrected chi connectivity index (χ0v) is 10.7. The minimum absolute atomic E-state index is 0.0544. The number of nitrogens with zero attached hydrogens (tertiary/aromatic N) is 4. The second-order valence-electron chi connectivity index (χ2n) is 3.81. The van der Waals surface area contributed by atoms with Gasteiger partial charge in [0.05, 0.1) is 10.6 Å². The molecule has 0 aliphatic rings. The van der Waals surface area contributed by atoms with E-state index in [4.69, 9.17) is 16.9 Å². The molecule has 1 aromatic heterocycles. The largest absolute Gasteiger partial charge is 0.436 e. The number of hydrogen-bond acceptors (Lipinski definition) is 4. The third-order valence-corrected chi connectivity index (χ3v) is 2.84. The Hall–Kier alpha value is -2.60. The lowest BCUT2D eigenvalue weighted by atomic mass is 10.2. The molecule has 0 N–H and O–H groups in total. The molecule has 0 fully saturated rings. The number of non-ortho nitro benzene ring substituents is 1. The number of rotatable bonds is 2. The molecule has 0 bridgehead atoms. The van der Waals surface area contributed by atoms with Gasteiger partial charge in [0.1, 0.15) is 11.6 Å². The van der Waals surface area contributed by atoms with Crippen LogP contribution in [0.3, 0.4) is 0 Å². The van der Waals surface area contributed by atoms with E-state index in [0.717, 1.165) is 12.1 Å². The van der Waals surface area contributed by atoms with Crippen molar-refractivity contribution in [2.24, 2.45) is 0 Å². The lowest BCUT2D eigenvalue weighted by Gasteiger charge is -2.03. The van der Waals surface area contributed by atoms with Crippen LogP contribution in [0.2, 0.25) is 5.15 Å². The molecule has 0 spiro atoms. The Morgan fingerprint density at radius 3 is 2.57 bits per heavy atom. The second-order valence-corrected chi connectivity index (χ2v) is 4.17. The lowest BCUT2D eigenvalue weighted by molar-refractivity contribution is -0.384. The summed E-state index contributed by atoms with van der Waals surface area (Å²) in [4.78, 5) is 9.96. The fraction of sp³-hybridized carbons (Fsp3) is 0.0909. The van der Waals surface area contributed by atoms with Gasteiger partial charge in [-0.25, -0.2) is 4.68 Å². The third kappa shape index (κ3) is 2.66. The first kappa shape index (κ1) is 14.8. The molecule has 2 rings (SSSR count). The van der Waals surface area contributed by atoms with Crippen molar-refractivity contribution >= 4 is 17.3 Å². The van der Waals surface area contributed by atoms with Crippen LogP contribution in [0.25, 0.3) is 5.69 Å². The number of nitro benzene ring substituents is 1. The van der Waals surface area contributed by atoms with Gasteiger partial charge >= 0.3 is 6.18 Å². The highest BCUT2D eigenvalue weighted by Crippen LogP contribution is 2.35. The average Bonchev–Trinajstić information content (AvgIpc) is 2.75. The van der Waals surface area contributed by atoms with E-state index in [1.165, 1.54) is 18.2 Å². The highest BCUT2D eigenvalue weighted by Gasteiger charge is 2.39. The molecule has 0 atom stereocenters. The number of benzene rings is 1. The van der Waals surface area contributed by atoms with Crippen molar-refractivity contribution < 1.29 is 18.1 Å². The van der Waals surface area contributed by atoms with E-state index in [-0.39, 0.29) is 11.4 Å². The predicted octanol–water partition coefficient (Wildman–Crippen LogP) is 3.32. The molecule has 1 heterocycles. The van der Waals surface area contributed by atoms with Gasteiger partial charge in [-0.05, 0) is 6.07 Å². The summed E-state index contributed by atoms with van der Waals surface area (Å²) in [5.74, 6) is 0. The summed E-state index contributed by atoms with van der Waals surface area (Å²) in [5, 5.41) is 22.1. The first-order chi connectivity index (χ1) is 9.75. The zero-order chi connectivity index (χ0) is 15.8. The van der Waals surface area contributed by atoms with Crippen molar-refractivity contribution in [1.82, 2.24) is 9.78 Å². The fourth-order valence-electron chi connectivity index (χ4n) is 1.60. The summed E-state index contributed by atoms with van der Waals surface area (Å²) >= 11 is 5.71. The van der Waals surface area contributed by atoms with Gasteiger partial charge < -0.3 is 0 Å². The van der Waals surface area contributed by atoms with Crippen molar-refractivity contribution in [3.63, 3.8) is 0 Å². The van der Waals surface area contributed by atoms with Gasteiger partial charge in [-0.15, -0.1) is 0 Å². The quantitative estimate of drug-likeness (QED) is 0.628. The van der Waals surface area contributed by atoms with Crippen molar-refractivity contribution in [1.29, 1.82) is 5.26 Å². The maximum absolute atomic E-state index is 12.8. The Morgan fingerprint density at radius 1 is 1.43 bits per heavy atom. The summed E-state index contributed by atoms with van der Waals surface area (Å²) in [6, 6.07) is 6.05. The number of halogens is 4. The second kappa shape index (κ2) is 5.06. The molecule has 10 heteroatoms. The van der Waals surface area contributed by atoms with Crippen LogP contribution in [-0.2, 0) is 6.18 Å². The Morgan fingerprint density at radius 2 is 2.10 bits per heavy atom. The molecule has 0 aliphatic heterocycles. The Labute approximate surface area is 120 Å². The van der Waals surface area contributed by atoms with Crippen molar-refractivity contribution in [3.05, 3.63) is 50.8 Å². The molecule has 6 nitrogen and oxygen atoms in total. The topological polar surface area (TPSA) is 84.8 Å². The van der Waals surface area contributed by atoms with Gasteiger partial charge in [-0.1, -0.05) is 17.7 Å². The van der Waals surface area contributed by atoms with E-state index >= 15 is 0 Å². The molecular formula is C11H4ClF3N4O2. The number of nitriles is 1. The molecular weight excluding hydrogens is 313 g/mol. The van der Waals surface area contributed by atoms with Crippen LogP contribution >= 0.6 is 11.6 Å². The smallest absolute Gasteiger partial charge is 0.258 e. The van der Waals surface area contributed by atoms with Gasteiger partial charge in [0, 0.05) is 12.1 Å². The minimum atomic E-state index is -4.86. The zero-order valence-electron chi connectivity index (χ0n) is 9.93. The molecule has 0 radical (unpaired) electrons. The standard InChI is InChI=1S/C11H4ClF3N4O2/c12-10-8(5-16)9(11(13,14)15)17-18(10)6-2-1-3-7(4-6)19(20)21/h1-4H.